The van der Waals surface area contributed by atoms with E-state index in [9.17, 15) is 0 Å². The summed E-state index contributed by atoms with van der Waals surface area (Å²) in [7, 11) is -20.7. The zero-order chi connectivity index (χ0) is 18.0. The molecule has 0 rings (SSSR count). The standard InChI is InChI=1S/2Mg.4H2O4S.2Zn/c;;4*1-5(2,3)4;;/h;;4*(H2,1,2,3,4);;/q2*+2;;;;;2*+2/p-8. The molecule has 0 atom stereocenters. The van der Waals surface area contributed by atoms with Crippen molar-refractivity contribution in [2.75, 3.05) is 0 Å². The van der Waals surface area contributed by atoms with E-state index in [-0.39, 0.29) is 85.1 Å². The van der Waals surface area contributed by atoms with E-state index in [0.29, 0.717) is 0 Å². The Morgan fingerprint density at radius 2 is 0.333 bits per heavy atom. The van der Waals surface area contributed by atoms with Crippen molar-refractivity contribution < 1.29 is 109 Å². The second kappa shape index (κ2) is 21.6. The first-order valence-corrected chi connectivity index (χ1v) is 8.00. The van der Waals surface area contributed by atoms with Gasteiger partial charge in [-0.15, -0.1) is 0 Å². The first kappa shape index (κ1) is 50.3. The van der Waals surface area contributed by atoms with E-state index in [1.54, 1.807) is 0 Å². The molecule has 0 aliphatic heterocycles. The van der Waals surface area contributed by atoms with Gasteiger partial charge >= 0.3 is 85.1 Å². The first-order chi connectivity index (χ1) is 8.00. The maximum atomic E-state index is 8.52. The number of hydrogen-bond acceptors (Lipinski definition) is 16. The van der Waals surface area contributed by atoms with E-state index in [1.165, 1.54) is 0 Å². The minimum atomic E-state index is -5.17. The van der Waals surface area contributed by atoms with Crippen LogP contribution in [-0.4, -0.2) is 116 Å². The van der Waals surface area contributed by atoms with E-state index in [4.69, 9.17) is 70.1 Å². The molecule has 128 valence electrons. The third-order valence-electron chi connectivity index (χ3n) is 0. The van der Waals surface area contributed by atoms with Gasteiger partial charge in [0.05, 0.1) is 0 Å². The molecule has 0 spiro atoms. The van der Waals surface area contributed by atoms with Crippen LogP contribution in [0.5, 0.6) is 0 Å². The summed E-state index contributed by atoms with van der Waals surface area (Å²) in [5, 5.41) is 0. The number of hydrogen-bond donors (Lipinski definition) is 0. The molecule has 0 aromatic carbocycles. The van der Waals surface area contributed by atoms with Crippen LogP contribution in [0.15, 0.2) is 0 Å². The predicted molar refractivity (Wildman–Crippen MR) is 53.4 cm³/mol. The van der Waals surface area contributed by atoms with Gasteiger partial charge < -0.3 is 36.4 Å². The second-order valence-electron chi connectivity index (χ2n) is 1.63. The Labute approximate surface area is 194 Å². The molecule has 0 aromatic heterocycles. The first-order valence-electron chi connectivity index (χ1n) is 2.67. The predicted octanol–water partition coefficient (Wildman–Crippen LogP) is -6.12. The van der Waals surface area contributed by atoms with E-state index in [2.05, 4.69) is 0 Å². The molecule has 0 saturated heterocycles. The van der Waals surface area contributed by atoms with Gasteiger partial charge in [-0.1, -0.05) is 0 Å². The molecule has 16 nitrogen and oxygen atoms in total. The Bertz CT molecular complexity index is 487. The van der Waals surface area contributed by atoms with Crippen LogP contribution in [0.2, 0.25) is 0 Å². The Balaban J connectivity index is -0.0000000225. The molecule has 0 radical (unpaired) electrons. The summed E-state index contributed by atoms with van der Waals surface area (Å²) in [4.78, 5) is 0. The summed E-state index contributed by atoms with van der Waals surface area (Å²) in [6, 6.07) is 0. The Kier molecular flexibility index (Phi) is 45.1. The molecule has 24 heavy (non-hydrogen) atoms. The minimum absolute atomic E-state index is 0. The van der Waals surface area contributed by atoms with Gasteiger partial charge in [0, 0.05) is 41.6 Å². The zero-order valence-corrected chi connectivity index (χ0v) is 23.0. The van der Waals surface area contributed by atoms with E-state index < -0.39 is 41.6 Å². The SMILES string of the molecule is O=S(=O)([O-])[O-].O=S(=O)([O-])[O-].O=S(=O)([O-])[O-].O=S(=O)([O-])[O-].[Mg+2].[Mg+2].[Zn+2].[Zn+2]. The summed E-state index contributed by atoms with van der Waals surface area (Å²) in [6.07, 6.45) is 0. The van der Waals surface area contributed by atoms with Crippen molar-refractivity contribution in [1.82, 2.24) is 0 Å². The maximum absolute atomic E-state index is 8.52. The second-order valence-corrected chi connectivity index (χ2v) is 4.90. The molecule has 0 amide bonds. The van der Waals surface area contributed by atoms with Crippen LogP contribution in [0.3, 0.4) is 0 Å². The molecule has 0 aliphatic carbocycles. The molecular formula is Mg2O16S4Zn2. The van der Waals surface area contributed by atoms with Crippen LogP contribution in [0, 0.1) is 0 Å². The van der Waals surface area contributed by atoms with Gasteiger partial charge in [0.25, 0.3) is 0 Å². The summed E-state index contributed by atoms with van der Waals surface area (Å²) in [5.74, 6) is 0. The fourth-order valence-electron chi connectivity index (χ4n) is 0. The normalized spacial score (nSPS) is 9.67. The molecule has 0 fully saturated rings. The van der Waals surface area contributed by atoms with Crippen LogP contribution in [0.25, 0.3) is 0 Å². The maximum Gasteiger partial charge on any atom is 2.00 e. The van der Waals surface area contributed by atoms with Crippen molar-refractivity contribution in [3.8, 4) is 0 Å². The monoisotopic (exact) mass is 560 g/mol. The molecule has 0 bridgehead atoms. The van der Waals surface area contributed by atoms with Crippen molar-refractivity contribution in [3.63, 3.8) is 0 Å². The zero-order valence-electron chi connectivity index (χ0n) is 11.0. The minimum Gasteiger partial charge on any atom is -0.759 e. The van der Waals surface area contributed by atoms with Crippen molar-refractivity contribution in [3.05, 3.63) is 0 Å². The van der Waals surface area contributed by atoms with Crippen LogP contribution in [-0.2, 0) is 80.6 Å². The molecule has 0 saturated carbocycles. The van der Waals surface area contributed by atoms with Gasteiger partial charge in [-0.3, -0.25) is 33.7 Å². The summed E-state index contributed by atoms with van der Waals surface area (Å²) in [5.41, 5.74) is 0. The molecule has 0 unspecified atom stereocenters. The van der Waals surface area contributed by atoms with Gasteiger partial charge in [-0.2, -0.15) is 0 Å². The van der Waals surface area contributed by atoms with Gasteiger partial charge in [-0.05, 0) is 0 Å². The van der Waals surface area contributed by atoms with E-state index in [1.807, 2.05) is 0 Å². The molecule has 0 N–H and O–H groups in total. The molecular weight excluding hydrogens is 564 g/mol. The van der Waals surface area contributed by atoms with Gasteiger partial charge in [0.2, 0.25) is 0 Å². The largest absolute Gasteiger partial charge is 2.00 e. The third-order valence-corrected chi connectivity index (χ3v) is 0. The van der Waals surface area contributed by atoms with Crippen LogP contribution < -0.4 is 0 Å². The molecule has 24 heteroatoms. The van der Waals surface area contributed by atoms with Crippen molar-refractivity contribution >= 4 is 87.7 Å². The Hall–Kier alpha value is 2.26. The van der Waals surface area contributed by atoms with Gasteiger partial charge in [-0.25, -0.2) is 0 Å². The van der Waals surface area contributed by atoms with Crippen LogP contribution >= 0.6 is 0 Å². The topological polar surface area (TPSA) is 321 Å². The van der Waals surface area contributed by atoms with E-state index in [0.717, 1.165) is 0 Å². The molecule has 0 heterocycles. The molecule has 0 aromatic rings. The summed E-state index contributed by atoms with van der Waals surface area (Å²) >= 11 is 0. The van der Waals surface area contributed by atoms with Gasteiger partial charge in [0.15, 0.2) is 0 Å². The average molecular weight is 564 g/mol. The Morgan fingerprint density at radius 1 is 0.333 bits per heavy atom. The van der Waals surface area contributed by atoms with Crippen molar-refractivity contribution in [1.29, 1.82) is 0 Å². The van der Waals surface area contributed by atoms with E-state index >= 15 is 0 Å². The van der Waals surface area contributed by atoms with Gasteiger partial charge in [0.1, 0.15) is 0 Å². The van der Waals surface area contributed by atoms with Crippen molar-refractivity contribution in [2.45, 2.75) is 0 Å². The smallest absolute Gasteiger partial charge is 0.759 e. The van der Waals surface area contributed by atoms with Crippen LogP contribution in [0.1, 0.15) is 0 Å². The fourth-order valence-corrected chi connectivity index (χ4v) is 0. The Morgan fingerprint density at radius 3 is 0.333 bits per heavy atom. The number of rotatable bonds is 0. The summed E-state index contributed by atoms with van der Waals surface area (Å²) < 4.78 is 136. The van der Waals surface area contributed by atoms with Crippen LogP contribution in [0.4, 0.5) is 0 Å². The quantitative estimate of drug-likeness (QED) is 0.150. The molecule has 0 aliphatic rings. The van der Waals surface area contributed by atoms with Crippen molar-refractivity contribution in [2.24, 2.45) is 0 Å². The average Bonchev–Trinajstić information content (AvgIpc) is 1.62. The summed E-state index contributed by atoms with van der Waals surface area (Å²) in [6.45, 7) is 0. The fraction of sp³-hybridized carbons (Fsp3) is 0. The third kappa shape index (κ3) is 2570.